The second-order valence-corrected chi connectivity index (χ2v) is 7.54. The Morgan fingerprint density at radius 2 is 2.13 bits per heavy atom. The number of nitriles is 1. The van der Waals surface area contributed by atoms with Crippen molar-refractivity contribution in [3.8, 4) is 6.07 Å². The number of nitrogens with one attached hydrogen (secondary N) is 3. The summed E-state index contributed by atoms with van der Waals surface area (Å²) in [6, 6.07) is 8.98. The maximum absolute atomic E-state index is 12.7. The van der Waals surface area contributed by atoms with Crippen molar-refractivity contribution in [2.45, 2.75) is 39.3 Å². The number of imidazole rings is 1. The molecule has 1 aliphatic heterocycles. The molecule has 1 aromatic carbocycles. The minimum atomic E-state index is -0.501. The van der Waals surface area contributed by atoms with Gasteiger partial charge in [0.1, 0.15) is 11.6 Å². The third-order valence-corrected chi connectivity index (χ3v) is 5.46. The number of anilines is 1. The highest BCUT2D eigenvalue weighted by atomic mass is 16.5. The number of aromatic nitrogens is 3. The topological polar surface area (TPSA) is 116 Å². The van der Waals surface area contributed by atoms with Gasteiger partial charge in [0.2, 0.25) is 0 Å². The van der Waals surface area contributed by atoms with Crippen LogP contribution in [0.3, 0.4) is 0 Å². The number of aryl methyl sites for hydroxylation is 1. The highest BCUT2D eigenvalue weighted by Gasteiger charge is 2.19. The zero-order chi connectivity index (χ0) is 21.3. The Hall–Kier alpha value is -3.57. The molecule has 0 radical (unpaired) electrons. The van der Waals surface area contributed by atoms with Crippen molar-refractivity contribution in [2.24, 2.45) is 0 Å². The van der Waals surface area contributed by atoms with Gasteiger partial charge in [-0.1, -0.05) is 0 Å². The van der Waals surface area contributed by atoms with Gasteiger partial charge < -0.3 is 24.6 Å². The quantitative estimate of drug-likeness (QED) is 0.447. The van der Waals surface area contributed by atoms with E-state index >= 15 is 0 Å². The maximum Gasteiger partial charge on any atom is 0.323 e. The molecule has 2 aromatic heterocycles. The Morgan fingerprint density at radius 3 is 2.87 bits per heavy atom. The molecule has 8 heteroatoms. The molecule has 0 spiro atoms. The Morgan fingerprint density at radius 1 is 1.33 bits per heavy atom. The second-order valence-electron chi connectivity index (χ2n) is 7.54. The maximum atomic E-state index is 12.7. The average Bonchev–Trinajstić information content (AvgIpc) is 3.41. The van der Waals surface area contributed by atoms with E-state index in [2.05, 4.69) is 19.9 Å². The summed E-state index contributed by atoms with van der Waals surface area (Å²) in [7, 11) is 0. The zero-order valence-electron chi connectivity index (χ0n) is 16.9. The lowest BCUT2D eigenvalue weighted by molar-refractivity contribution is -0.112. The van der Waals surface area contributed by atoms with Crippen molar-refractivity contribution in [3.05, 3.63) is 57.3 Å². The van der Waals surface area contributed by atoms with Gasteiger partial charge in [0.05, 0.1) is 17.1 Å². The van der Waals surface area contributed by atoms with Crippen molar-refractivity contribution in [2.75, 3.05) is 11.9 Å². The first-order valence-corrected chi connectivity index (χ1v) is 9.88. The molecule has 1 amide bonds. The monoisotopic (exact) mass is 405 g/mol. The van der Waals surface area contributed by atoms with Crippen molar-refractivity contribution in [3.63, 3.8) is 0 Å². The molecule has 8 nitrogen and oxygen atoms in total. The Balaban J connectivity index is 1.55. The van der Waals surface area contributed by atoms with Gasteiger partial charge in [0.15, 0.2) is 0 Å². The number of rotatable bonds is 5. The fourth-order valence-electron chi connectivity index (χ4n) is 3.86. The number of carbonyl (C=O) groups is 1. The normalized spacial score (nSPS) is 16.7. The first-order chi connectivity index (χ1) is 14.4. The highest BCUT2D eigenvalue weighted by Crippen LogP contribution is 2.22. The first kappa shape index (κ1) is 19.7. The summed E-state index contributed by atoms with van der Waals surface area (Å²) in [5, 5.41) is 12.3. The molecule has 30 heavy (non-hydrogen) atoms. The van der Waals surface area contributed by atoms with E-state index in [9.17, 15) is 14.9 Å². The summed E-state index contributed by atoms with van der Waals surface area (Å²) < 4.78 is 7.91. The minimum Gasteiger partial charge on any atom is -0.376 e. The molecule has 1 unspecified atom stereocenters. The first-order valence-electron chi connectivity index (χ1n) is 9.88. The number of hydrogen-bond donors (Lipinski definition) is 3. The number of carbonyl (C=O) groups excluding carboxylic acids is 1. The Labute approximate surface area is 173 Å². The van der Waals surface area contributed by atoms with E-state index < -0.39 is 5.91 Å². The van der Waals surface area contributed by atoms with Crippen LogP contribution in [0.2, 0.25) is 0 Å². The van der Waals surface area contributed by atoms with E-state index in [4.69, 9.17) is 4.74 Å². The number of amides is 1. The molecular weight excluding hydrogens is 382 g/mol. The number of nitrogens with zero attached hydrogens (tertiary/aromatic N) is 2. The van der Waals surface area contributed by atoms with Crippen LogP contribution in [0, 0.1) is 25.2 Å². The highest BCUT2D eigenvalue weighted by molar-refractivity contribution is 6.10. The van der Waals surface area contributed by atoms with Crippen LogP contribution in [0.1, 0.15) is 29.8 Å². The van der Waals surface area contributed by atoms with E-state index in [-0.39, 0.29) is 17.4 Å². The van der Waals surface area contributed by atoms with E-state index in [1.165, 1.54) is 0 Å². The van der Waals surface area contributed by atoms with Gasteiger partial charge in [-0.3, -0.25) is 4.79 Å². The molecule has 0 aliphatic carbocycles. The summed E-state index contributed by atoms with van der Waals surface area (Å²) in [6.07, 6.45) is 3.95. The standard InChI is InChI=1S/C22H23N5O3/c1-13-8-15(14(2)27(13)12-18-4-3-7-30-18)9-16(11-23)21(28)24-17-5-6-19-20(10-17)26-22(29)25-19/h5-6,8-10,18H,3-4,7,12H2,1-2H3,(H,24,28)(H2,25,26,29)/b16-9+. The van der Waals surface area contributed by atoms with Gasteiger partial charge in [0, 0.05) is 30.2 Å². The Bertz CT molecular complexity index is 1230. The van der Waals surface area contributed by atoms with Crippen LogP contribution in [0.15, 0.2) is 34.6 Å². The van der Waals surface area contributed by atoms with Crippen LogP contribution >= 0.6 is 0 Å². The summed E-state index contributed by atoms with van der Waals surface area (Å²) >= 11 is 0. The van der Waals surface area contributed by atoms with Crippen LogP contribution in [-0.4, -0.2) is 33.2 Å². The summed E-state index contributed by atoms with van der Waals surface area (Å²) in [5.74, 6) is -0.501. The summed E-state index contributed by atoms with van der Waals surface area (Å²) in [6.45, 7) is 5.57. The van der Waals surface area contributed by atoms with Crippen LogP contribution in [0.4, 0.5) is 5.69 Å². The van der Waals surface area contributed by atoms with Crippen molar-refractivity contribution in [1.29, 1.82) is 5.26 Å². The van der Waals surface area contributed by atoms with Gasteiger partial charge in [-0.25, -0.2) is 4.79 Å². The molecule has 1 saturated heterocycles. The fourth-order valence-corrected chi connectivity index (χ4v) is 3.86. The number of hydrogen-bond acceptors (Lipinski definition) is 4. The number of fused-ring (bicyclic) bond motifs is 1. The predicted octanol–water partition coefficient (Wildman–Crippen LogP) is 3.00. The lowest BCUT2D eigenvalue weighted by atomic mass is 10.1. The van der Waals surface area contributed by atoms with Gasteiger partial charge in [0.25, 0.3) is 5.91 Å². The SMILES string of the molecule is Cc1cc(/C=C(\C#N)C(=O)Nc2ccc3[nH]c(=O)[nH]c3c2)c(C)n1CC1CCCO1. The van der Waals surface area contributed by atoms with Crippen LogP contribution in [-0.2, 0) is 16.1 Å². The molecule has 0 saturated carbocycles. The summed E-state index contributed by atoms with van der Waals surface area (Å²) in [4.78, 5) is 29.3. The number of benzene rings is 1. The smallest absolute Gasteiger partial charge is 0.323 e. The number of ether oxygens (including phenoxy) is 1. The number of aromatic amines is 2. The molecule has 3 heterocycles. The predicted molar refractivity (Wildman–Crippen MR) is 114 cm³/mol. The van der Waals surface area contributed by atoms with Gasteiger partial charge in [-0.15, -0.1) is 0 Å². The van der Waals surface area contributed by atoms with Gasteiger partial charge in [-0.2, -0.15) is 5.26 Å². The molecule has 4 rings (SSSR count). The van der Waals surface area contributed by atoms with E-state index in [1.807, 2.05) is 26.0 Å². The lowest BCUT2D eigenvalue weighted by Crippen LogP contribution is -2.17. The second kappa shape index (κ2) is 8.05. The van der Waals surface area contributed by atoms with Crippen molar-refractivity contribution >= 4 is 28.7 Å². The summed E-state index contributed by atoms with van der Waals surface area (Å²) in [5.41, 5.74) is 4.31. The molecule has 3 N–H and O–H groups in total. The third kappa shape index (κ3) is 3.93. The molecule has 3 aromatic rings. The molecule has 154 valence electrons. The molecule has 0 bridgehead atoms. The average molecular weight is 405 g/mol. The third-order valence-electron chi connectivity index (χ3n) is 5.46. The fraction of sp³-hybridized carbons (Fsp3) is 0.318. The minimum absolute atomic E-state index is 0.00928. The van der Waals surface area contributed by atoms with E-state index in [1.54, 1.807) is 24.3 Å². The molecular formula is C22H23N5O3. The largest absolute Gasteiger partial charge is 0.376 e. The van der Waals surface area contributed by atoms with E-state index in [0.717, 1.165) is 42.9 Å². The molecule has 1 fully saturated rings. The van der Waals surface area contributed by atoms with Crippen LogP contribution < -0.4 is 11.0 Å². The van der Waals surface area contributed by atoms with Crippen molar-refractivity contribution in [1.82, 2.24) is 14.5 Å². The number of H-pyrrole nitrogens is 2. The molecule has 1 aliphatic rings. The van der Waals surface area contributed by atoms with E-state index in [0.29, 0.717) is 16.7 Å². The van der Waals surface area contributed by atoms with Crippen LogP contribution in [0.25, 0.3) is 17.1 Å². The van der Waals surface area contributed by atoms with Gasteiger partial charge in [-0.05, 0) is 62.6 Å². The molecule has 1 atom stereocenters. The van der Waals surface area contributed by atoms with Crippen molar-refractivity contribution < 1.29 is 9.53 Å². The van der Waals surface area contributed by atoms with Crippen LogP contribution in [0.5, 0.6) is 0 Å². The van der Waals surface area contributed by atoms with Gasteiger partial charge >= 0.3 is 5.69 Å². The zero-order valence-corrected chi connectivity index (χ0v) is 16.9. The lowest BCUT2D eigenvalue weighted by Gasteiger charge is -2.14. The Kier molecular flexibility index (Phi) is 5.29.